The van der Waals surface area contributed by atoms with Gasteiger partial charge in [0, 0.05) is 38.1 Å². The van der Waals surface area contributed by atoms with Gasteiger partial charge in [-0.2, -0.15) is 0 Å². The van der Waals surface area contributed by atoms with Crippen LogP contribution in [0.2, 0.25) is 0 Å². The summed E-state index contributed by atoms with van der Waals surface area (Å²) in [5, 5.41) is 2.78. The zero-order valence-electron chi connectivity index (χ0n) is 10.8. The standard InChI is InChI=1S/C11H20ClN3O3S/c12-4-1-9-19(17,18)14-6-2-10(3-7-14)15-8-5-13-11(15)16/h10H,1-9H2,(H,13,16). The first-order chi connectivity index (χ1) is 9.04. The van der Waals surface area contributed by atoms with Gasteiger partial charge in [0.2, 0.25) is 10.0 Å². The zero-order chi connectivity index (χ0) is 13.9. The van der Waals surface area contributed by atoms with Gasteiger partial charge in [0.25, 0.3) is 0 Å². The van der Waals surface area contributed by atoms with E-state index < -0.39 is 10.0 Å². The number of rotatable bonds is 5. The van der Waals surface area contributed by atoms with E-state index in [0.717, 1.165) is 6.54 Å². The van der Waals surface area contributed by atoms with Crippen molar-refractivity contribution in [3.05, 3.63) is 0 Å². The molecule has 0 aromatic heterocycles. The minimum atomic E-state index is -3.18. The minimum absolute atomic E-state index is 0.0246. The van der Waals surface area contributed by atoms with Crippen LogP contribution in [0.25, 0.3) is 0 Å². The van der Waals surface area contributed by atoms with Crippen molar-refractivity contribution in [1.29, 1.82) is 0 Å². The van der Waals surface area contributed by atoms with Crippen molar-refractivity contribution in [2.75, 3.05) is 37.8 Å². The Bertz CT molecular complexity index is 421. The summed E-state index contributed by atoms with van der Waals surface area (Å²) in [5.74, 6) is 0.481. The van der Waals surface area contributed by atoms with E-state index >= 15 is 0 Å². The molecule has 0 atom stereocenters. The Labute approximate surface area is 119 Å². The molecule has 2 aliphatic heterocycles. The van der Waals surface area contributed by atoms with E-state index in [1.807, 2.05) is 4.90 Å². The van der Waals surface area contributed by atoms with Gasteiger partial charge in [0.1, 0.15) is 0 Å². The van der Waals surface area contributed by atoms with Crippen LogP contribution in [0.5, 0.6) is 0 Å². The third-order valence-corrected chi connectivity index (χ3v) is 5.91. The fourth-order valence-electron chi connectivity index (χ4n) is 2.63. The maximum atomic E-state index is 12.0. The summed E-state index contributed by atoms with van der Waals surface area (Å²) in [6, 6.07) is 0.144. The van der Waals surface area contributed by atoms with Crippen LogP contribution in [0, 0.1) is 0 Å². The predicted molar refractivity (Wildman–Crippen MR) is 73.8 cm³/mol. The fourth-order valence-corrected chi connectivity index (χ4v) is 4.46. The number of halogens is 1. The van der Waals surface area contributed by atoms with Crippen LogP contribution >= 0.6 is 11.6 Å². The molecule has 8 heteroatoms. The van der Waals surface area contributed by atoms with Gasteiger partial charge in [-0.15, -0.1) is 11.6 Å². The summed E-state index contributed by atoms with van der Waals surface area (Å²) >= 11 is 5.54. The molecule has 0 aliphatic carbocycles. The number of hydrogen-bond donors (Lipinski definition) is 1. The van der Waals surface area contributed by atoms with Crippen LogP contribution in [-0.2, 0) is 10.0 Å². The summed E-state index contributed by atoms with van der Waals surface area (Å²) in [6.07, 6.45) is 1.92. The Morgan fingerprint density at radius 1 is 1.26 bits per heavy atom. The smallest absolute Gasteiger partial charge is 0.317 e. The maximum absolute atomic E-state index is 12.0. The van der Waals surface area contributed by atoms with Crippen molar-refractivity contribution in [1.82, 2.24) is 14.5 Å². The van der Waals surface area contributed by atoms with Crippen LogP contribution in [0.1, 0.15) is 19.3 Å². The van der Waals surface area contributed by atoms with E-state index in [-0.39, 0.29) is 17.8 Å². The normalized spacial score (nSPS) is 22.8. The third kappa shape index (κ3) is 3.52. The molecule has 2 saturated heterocycles. The highest BCUT2D eigenvalue weighted by Crippen LogP contribution is 2.20. The topological polar surface area (TPSA) is 69.7 Å². The van der Waals surface area contributed by atoms with E-state index in [9.17, 15) is 13.2 Å². The van der Waals surface area contributed by atoms with E-state index in [0.29, 0.717) is 44.8 Å². The molecule has 2 fully saturated rings. The largest absolute Gasteiger partial charge is 0.336 e. The third-order valence-electron chi connectivity index (χ3n) is 3.68. The monoisotopic (exact) mass is 309 g/mol. The van der Waals surface area contributed by atoms with Gasteiger partial charge < -0.3 is 10.2 Å². The molecule has 0 radical (unpaired) electrons. The predicted octanol–water partition coefficient (Wildman–Crippen LogP) is 0.435. The Morgan fingerprint density at radius 2 is 1.95 bits per heavy atom. The van der Waals surface area contributed by atoms with E-state index in [2.05, 4.69) is 5.32 Å². The number of carbonyl (C=O) groups is 1. The molecule has 2 rings (SSSR count). The molecule has 2 aliphatic rings. The van der Waals surface area contributed by atoms with Gasteiger partial charge in [0.15, 0.2) is 0 Å². The average Bonchev–Trinajstić information content (AvgIpc) is 2.83. The van der Waals surface area contributed by atoms with Gasteiger partial charge in [-0.05, 0) is 19.3 Å². The molecule has 0 saturated carbocycles. The van der Waals surface area contributed by atoms with Crippen molar-refractivity contribution >= 4 is 27.7 Å². The van der Waals surface area contributed by atoms with Gasteiger partial charge in [0.05, 0.1) is 5.75 Å². The highest BCUT2D eigenvalue weighted by Gasteiger charge is 2.33. The van der Waals surface area contributed by atoms with Crippen molar-refractivity contribution in [2.45, 2.75) is 25.3 Å². The number of sulfonamides is 1. The molecular weight excluding hydrogens is 290 g/mol. The van der Waals surface area contributed by atoms with Crippen LogP contribution in [0.4, 0.5) is 4.79 Å². The van der Waals surface area contributed by atoms with Gasteiger partial charge in [-0.1, -0.05) is 0 Å². The number of piperidine rings is 1. The number of hydrogen-bond acceptors (Lipinski definition) is 3. The number of nitrogens with zero attached hydrogens (tertiary/aromatic N) is 2. The van der Waals surface area contributed by atoms with Crippen LogP contribution < -0.4 is 5.32 Å². The summed E-state index contributed by atoms with van der Waals surface area (Å²) in [5.41, 5.74) is 0. The molecule has 0 aromatic rings. The van der Waals surface area contributed by atoms with E-state index in [1.54, 1.807) is 0 Å². The molecular formula is C11H20ClN3O3S. The molecule has 0 unspecified atom stereocenters. The molecule has 2 heterocycles. The van der Waals surface area contributed by atoms with Crippen LogP contribution in [0.3, 0.4) is 0 Å². The number of amides is 2. The molecule has 2 amide bonds. The number of carbonyl (C=O) groups excluding carboxylic acids is 1. The van der Waals surface area contributed by atoms with Crippen molar-refractivity contribution in [3.63, 3.8) is 0 Å². The van der Waals surface area contributed by atoms with Crippen LogP contribution in [-0.4, -0.2) is 67.5 Å². The Balaban J connectivity index is 1.87. The Hall–Kier alpha value is -0.530. The SMILES string of the molecule is O=C1NCCN1C1CCN(S(=O)(=O)CCCCl)CC1. The molecule has 1 N–H and O–H groups in total. The van der Waals surface area contributed by atoms with Crippen molar-refractivity contribution in [2.24, 2.45) is 0 Å². The second-order valence-electron chi connectivity index (χ2n) is 4.91. The molecule has 0 bridgehead atoms. The lowest BCUT2D eigenvalue weighted by Gasteiger charge is -2.35. The zero-order valence-corrected chi connectivity index (χ0v) is 12.4. The lowest BCUT2D eigenvalue weighted by molar-refractivity contribution is 0.167. The van der Waals surface area contributed by atoms with E-state index in [1.165, 1.54) is 4.31 Å². The Morgan fingerprint density at radius 3 is 2.47 bits per heavy atom. The van der Waals surface area contributed by atoms with Gasteiger partial charge >= 0.3 is 6.03 Å². The number of nitrogens with one attached hydrogen (secondary N) is 1. The van der Waals surface area contributed by atoms with Crippen molar-refractivity contribution < 1.29 is 13.2 Å². The molecule has 19 heavy (non-hydrogen) atoms. The second-order valence-corrected chi connectivity index (χ2v) is 7.38. The lowest BCUT2D eigenvalue weighted by atomic mass is 10.1. The fraction of sp³-hybridized carbons (Fsp3) is 0.909. The molecule has 6 nitrogen and oxygen atoms in total. The number of alkyl halides is 1. The lowest BCUT2D eigenvalue weighted by Crippen LogP contribution is -2.48. The maximum Gasteiger partial charge on any atom is 0.317 e. The first-order valence-corrected chi connectivity index (χ1v) is 8.77. The molecule has 0 spiro atoms. The quantitative estimate of drug-likeness (QED) is 0.749. The first-order valence-electron chi connectivity index (χ1n) is 6.63. The first kappa shape index (κ1) is 14.9. The molecule has 110 valence electrons. The second kappa shape index (κ2) is 6.28. The highest BCUT2D eigenvalue weighted by molar-refractivity contribution is 7.89. The summed E-state index contributed by atoms with van der Waals surface area (Å²) in [4.78, 5) is 13.4. The van der Waals surface area contributed by atoms with Gasteiger partial charge in [-0.25, -0.2) is 17.5 Å². The van der Waals surface area contributed by atoms with Gasteiger partial charge in [-0.3, -0.25) is 0 Å². The minimum Gasteiger partial charge on any atom is -0.336 e. The Kier molecular flexibility index (Phi) is 4.92. The summed E-state index contributed by atoms with van der Waals surface area (Å²) < 4.78 is 25.6. The summed E-state index contributed by atoms with van der Waals surface area (Å²) in [6.45, 7) is 2.41. The average molecular weight is 310 g/mol. The number of urea groups is 1. The van der Waals surface area contributed by atoms with Crippen LogP contribution in [0.15, 0.2) is 0 Å². The summed E-state index contributed by atoms with van der Waals surface area (Å²) in [7, 11) is -3.18. The van der Waals surface area contributed by atoms with Crippen molar-refractivity contribution in [3.8, 4) is 0 Å². The highest BCUT2D eigenvalue weighted by atomic mass is 35.5. The van der Waals surface area contributed by atoms with E-state index in [4.69, 9.17) is 11.6 Å². The molecule has 0 aromatic carbocycles.